The van der Waals surface area contributed by atoms with Crippen LogP contribution in [0.5, 0.6) is 0 Å². The summed E-state index contributed by atoms with van der Waals surface area (Å²) in [6.07, 6.45) is 5.81. The Bertz CT molecular complexity index is 1300. The molecule has 5 rings (SSSR count). The predicted octanol–water partition coefficient (Wildman–Crippen LogP) is 4.40. The number of hydrogen-bond donors (Lipinski definition) is 2. The second-order valence-corrected chi connectivity index (χ2v) is 9.02. The minimum atomic E-state index is -0.962. The van der Waals surface area contributed by atoms with E-state index in [0.29, 0.717) is 24.8 Å². The van der Waals surface area contributed by atoms with Gasteiger partial charge in [-0.15, -0.1) is 0 Å². The summed E-state index contributed by atoms with van der Waals surface area (Å²) in [6.45, 7) is 9.52. The number of piperidine rings is 1. The molecule has 0 aliphatic carbocycles. The van der Waals surface area contributed by atoms with Gasteiger partial charge in [0.15, 0.2) is 0 Å². The van der Waals surface area contributed by atoms with Crippen LogP contribution in [0.1, 0.15) is 49.0 Å². The highest BCUT2D eigenvalue weighted by atomic mass is 16.3. The summed E-state index contributed by atoms with van der Waals surface area (Å²) < 4.78 is 2.28. The van der Waals surface area contributed by atoms with Crippen LogP contribution in [-0.2, 0) is 4.79 Å². The molecule has 2 N–H and O–H groups in total. The first kappa shape index (κ1) is 21.4. The lowest BCUT2D eigenvalue weighted by Gasteiger charge is -2.38. The molecule has 33 heavy (non-hydrogen) atoms. The van der Waals surface area contributed by atoms with Crippen molar-refractivity contribution >= 4 is 33.9 Å². The zero-order chi connectivity index (χ0) is 23.1. The van der Waals surface area contributed by atoms with Gasteiger partial charge in [0.2, 0.25) is 5.91 Å². The number of pyridine rings is 1. The minimum Gasteiger partial charge on any atom is -0.385 e. The molecule has 3 unspecified atom stereocenters. The van der Waals surface area contributed by atoms with Crippen molar-refractivity contribution in [2.24, 2.45) is 5.92 Å². The average molecular weight is 444 g/mol. The number of carbonyl (C=O) groups is 1. The number of aliphatic hydroxyl groups excluding tert-OH is 1. The number of nitrogens with zero attached hydrogens (tertiary/aromatic N) is 4. The Balaban J connectivity index is 1.37. The molecule has 3 aromatic heterocycles. The van der Waals surface area contributed by atoms with Crippen LogP contribution in [0.4, 0.5) is 0 Å². The van der Waals surface area contributed by atoms with Crippen molar-refractivity contribution in [2.45, 2.75) is 38.8 Å². The van der Waals surface area contributed by atoms with Gasteiger partial charge in [-0.2, -0.15) is 0 Å². The third kappa shape index (κ3) is 3.82. The Labute approximate surface area is 192 Å². The Morgan fingerprint density at radius 1 is 1.36 bits per heavy atom. The van der Waals surface area contributed by atoms with Crippen LogP contribution in [0.15, 0.2) is 49.3 Å². The molecule has 0 saturated carbocycles. The zero-order valence-corrected chi connectivity index (χ0v) is 19.0. The van der Waals surface area contributed by atoms with Crippen molar-refractivity contribution < 1.29 is 9.90 Å². The molecule has 4 aromatic rings. The SMILES string of the molecule is C=Cc1c(C)ncc2ccn(C3CN(C(=O)CC(O)c4nc5ccccc5[nH]4)CCC3C)c12. The van der Waals surface area contributed by atoms with Gasteiger partial charge in [-0.3, -0.25) is 9.78 Å². The molecule has 1 fully saturated rings. The first-order valence-corrected chi connectivity index (χ1v) is 11.5. The van der Waals surface area contributed by atoms with Crippen molar-refractivity contribution in [3.63, 3.8) is 0 Å². The summed E-state index contributed by atoms with van der Waals surface area (Å²) in [5, 5.41) is 11.8. The van der Waals surface area contributed by atoms with E-state index in [9.17, 15) is 9.90 Å². The van der Waals surface area contributed by atoms with E-state index in [0.717, 1.165) is 39.6 Å². The second kappa shape index (κ2) is 8.48. The van der Waals surface area contributed by atoms with Gasteiger partial charge in [0.05, 0.1) is 29.0 Å². The van der Waals surface area contributed by atoms with Gasteiger partial charge >= 0.3 is 0 Å². The lowest BCUT2D eigenvalue weighted by Crippen LogP contribution is -2.44. The van der Waals surface area contributed by atoms with Crippen LogP contribution in [0.25, 0.3) is 28.0 Å². The molecule has 1 amide bonds. The summed E-state index contributed by atoms with van der Waals surface area (Å²) in [5.74, 6) is 0.788. The van der Waals surface area contributed by atoms with E-state index in [1.165, 1.54) is 0 Å². The number of aryl methyl sites for hydroxylation is 1. The van der Waals surface area contributed by atoms with Gasteiger partial charge in [0.1, 0.15) is 11.9 Å². The van der Waals surface area contributed by atoms with E-state index < -0.39 is 6.10 Å². The number of benzene rings is 1. The summed E-state index contributed by atoms with van der Waals surface area (Å²) in [4.78, 5) is 27.1. The van der Waals surface area contributed by atoms with E-state index in [1.54, 1.807) is 0 Å². The molecule has 0 spiro atoms. The van der Waals surface area contributed by atoms with Crippen LogP contribution < -0.4 is 0 Å². The van der Waals surface area contributed by atoms with Crippen molar-refractivity contribution in [1.29, 1.82) is 0 Å². The highest BCUT2D eigenvalue weighted by Gasteiger charge is 2.32. The minimum absolute atomic E-state index is 0.00822. The van der Waals surface area contributed by atoms with Gasteiger partial charge in [-0.25, -0.2) is 4.98 Å². The highest BCUT2D eigenvalue weighted by molar-refractivity contribution is 5.88. The third-order valence-electron chi connectivity index (χ3n) is 6.91. The number of rotatable bonds is 5. The number of para-hydroxylation sites is 2. The predicted molar refractivity (Wildman–Crippen MR) is 130 cm³/mol. The largest absolute Gasteiger partial charge is 0.385 e. The van der Waals surface area contributed by atoms with E-state index in [-0.39, 0.29) is 18.4 Å². The maximum atomic E-state index is 13.1. The molecule has 0 bridgehead atoms. The average Bonchev–Trinajstić information content (AvgIpc) is 3.44. The lowest BCUT2D eigenvalue weighted by molar-refractivity contribution is -0.135. The normalized spacial score (nSPS) is 19.8. The first-order chi connectivity index (χ1) is 16.0. The van der Waals surface area contributed by atoms with Crippen LogP contribution in [-0.4, -0.2) is 48.5 Å². The number of hydrogen-bond acceptors (Lipinski definition) is 4. The number of aromatic nitrogens is 4. The summed E-state index contributed by atoms with van der Waals surface area (Å²) in [5.41, 5.74) is 4.74. The Kier molecular flexibility index (Phi) is 5.50. The Morgan fingerprint density at radius 3 is 2.97 bits per heavy atom. The monoisotopic (exact) mass is 443 g/mol. The van der Waals surface area contributed by atoms with Crippen LogP contribution >= 0.6 is 0 Å². The van der Waals surface area contributed by atoms with E-state index in [2.05, 4.69) is 45.3 Å². The molecule has 170 valence electrons. The van der Waals surface area contributed by atoms with E-state index in [1.807, 2.05) is 48.4 Å². The number of fused-ring (bicyclic) bond motifs is 2. The Morgan fingerprint density at radius 2 is 2.18 bits per heavy atom. The standard InChI is InChI=1S/C26H29N5O2/c1-4-19-17(3)27-14-18-10-12-31(25(18)19)22-15-30(11-9-16(22)2)24(33)13-23(32)26-28-20-7-5-6-8-21(20)29-26/h4-8,10,12,14,16,22-23,32H,1,9,11,13,15H2,2-3H3,(H,28,29). The van der Waals surface area contributed by atoms with Crippen molar-refractivity contribution in [1.82, 2.24) is 24.4 Å². The summed E-state index contributed by atoms with van der Waals surface area (Å²) in [6, 6.07) is 9.83. The molecule has 7 heteroatoms. The van der Waals surface area contributed by atoms with Crippen LogP contribution in [0.2, 0.25) is 0 Å². The molecular weight excluding hydrogens is 414 g/mol. The number of imidazole rings is 1. The lowest BCUT2D eigenvalue weighted by atomic mass is 9.92. The number of amides is 1. The van der Waals surface area contributed by atoms with Gasteiger partial charge in [-0.1, -0.05) is 31.7 Å². The quantitative estimate of drug-likeness (QED) is 0.479. The molecule has 1 aromatic carbocycles. The third-order valence-corrected chi connectivity index (χ3v) is 6.91. The first-order valence-electron chi connectivity index (χ1n) is 11.5. The fourth-order valence-electron chi connectivity index (χ4n) is 4.95. The molecular formula is C26H29N5O2. The molecule has 1 aliphatic rings. The molecule has 1 aliphatic heterocycles. The van der Waals surface area contributed by atoms with Crippen molar-refractivity contribution in [3.8, 4) is 0 Å². The number of aromatic amines is 1. The molecule has 4 heterocycles. The number of likely N-dealkylation sites (tertiary alicyclic amines) is 1. The Hall–Kier alpha value is -3.45. The van der Waals surface area contributed by atoms with Gasteiger partial charge < -0.3 is 19.6 Å². The molecule has 1 saturated heterocycles. The topological polar surface area (TPSA) is 87.0 Å². The fourth-order valence-corrected chi connectivity index (χ4v) is 4.95. The zero-order valence-electron chi connectivity index (χ0n) is 19.0. The van der Waals surface area contributed by atoms with Crippen molar-refractivity contribution in [3.05, 3.63) is 66.4 Å². The molecule has 7 nitrogen and oxygen atoms in total. The van der Waals surface area contributed by atoms with Crippen LogP contribution in [0.3, 0.4) is 0 Å². The van der Waals surface area contributed by atoms with E-state index in [4.69, 9.17) is 0 Å². The number of aliphatic hydroxyl groups is 1. The summed E-state index contributed by atoms with van der Waals surface area (Å²) >= 11 is 0. The number of nitrogens with one attached hydrogen (secondary N) is 1. The second-order valence-electron chi connectivity index (χ2n) is 9.02. The van der Waals surface area contributed by atoms with E-state index >= 15 is 0 Å². The van der Waals surface area contributed by atoms with Crippen LogP contribution in [0, 0.1) is 12.8 Å². The number of carbonyl (C=O) groups excluding carboxylic acids is 1. The molecule has 3 atom stereocenters. The van der Waals surface area contributed by atoms with Gasteiger partial charge in [0.25, 0.3) is 0 Å². The van der Waals surface area contributed by atoms with Gasteiger partial charge in [0, 0.05) is 42.1 Å². The maximum Gasteiger partial charge on any atom is 0.225 e. The van der Waals surface area contributed by atoms with Gasteiger partial charge in [-0.05, 0) is 37.5 Å². The number of H-pyrrole nitrogens is 1. The fraction of sp³-hybridized carbons (Fsp3) is 0.346. The highest BCUT2D eigenvalue weighted by Crippen LogP contribution is 2.34. The molecule has 0 radical (unpaired) electrons. The smallest absolute Gasteiger partial charge is 0.225 e. The van der Waals surface area contributed by atoms with Crippen molar-refractivity contribution in [2.75, 3.05) is 13.1 Å². The maximum absolute atomic E-state index is 13.1. The summed E-state index contributed by atoms with van der Waals surface area (Å²) in [7, 11) is 0.